The first-order valence-corrected chi connectivity index (χ1v) is 13.6. The molecule has 0 radical (unpaired) electrons. The second kappa shape index (κ2) is 16.3. The van der Waals surface area contributed by atoms with Crippen molar-refractivity contribution >= 4 is 29.4 Å². The number of pyridine rings is 2. The van der Waals surface area contributed by atoms with Gasteiger partial charge in [-0.05, 0) is 62.9 Å². The summed E-state index contributed by atoms with van der Waals surface area (Å²) in [5.74, 6) is -2.00. The quantitative estimate of drug-likeness (QED) is 0.198. The van der Waals surface area contributed by atoms with Gasteiger partial charge >= 0.3 is 5.97 Å². The average molecular weight is 574 g/mol. The molecule has 1 atom stereocenters. The first-order valence-electron chi connectivity index (χ1n) is 13.6. The molecule has 0 bridgehead atoms. The number of carbonyl (C=O) groups excluding carboxylic acids is 4. The number of allylic oxidation sites excluding steroid dienone is 1. The number of benzene rings is 1. The number of esters is 1. The summed E-state index contributed by atoms with van der Waals surface area (Å²) in [6.07, 6.45) is 6.75. The van der Waals surface area contributed by atoms with E-state index in [9.17, 15) is 24.0 Å². The minimum absolute atomic E-state index is 0.0367. The molecule has 3 aromatic rings. The van der Waals surface area contributed by atoms with Crippen molar-refractivity contribution in [2.45, 2.75) is 45.7 Å². The largest absolute Gasteiger partial charge is 0.463 e. The number of amides is 3. The maximum atomic E-state index is 13.3. The Morgan fingerprint density at radius 3 is 2.55 bits per heavy atom. The van der Waals surface area contributed by atoms with Crippen LogP contribution in [0.2, 0.25) is 0 Å². The maximum absolute atomic E-state index is 13.3. The van der Waals surface area contributed by atoms with Crippen LogP contribution in [0.15, 0.2) is 83.9 Å². The van der Waals surface area contributed by atoms with Crippen LogP contribution in [-0.4, -0.2) is 52.4 Å². The summed E-state index contributed by atoms with van der Waals surface area (Å²) >= 11 is 0. The van der Waals surface area contributed by atoms with E-state index in [4.69, 9.17) is 4.74 Å². The number of rotatable bonds is 14. The van der Waals surface area contributed by atoms with Crippen LogP contribution in [0.5, 0.6) is 0 Å². The number of hydrogen-bond acceptors (Lipinski definition) is 7. The Morgan fingerprint density at radius 2 is 1.83 bits per heavy atom. The molecule has 0 aliphatic rings. The third kappa shape index (κ3) is 9.84. The number of nitrogens with one attached hydrogen (secondary N) is 3. The van der Waals surface area contributed by atoms with E-state index in [1.807, 2.05) is 30.3 Å². The number of aromatic nitrogens is 2. The number of aryl methyl sites for hydroxylation is 1. The molecule has 2 aromatic heterocycles. The summed E-state index contributed by atoms with van der Waals surface area (Å²) in [5, 5.41) is 8.08. The average Bonchev–Trinajstić information content (AvgIpc) is 2.99. The summed E-state index contributed by atoms with van der Waals surface area (Å²) in [5.41, 5.74) is 1.29. The molecule has 2 heterocycles. The third-order valence-corrected chi connectivity index (χ3v) is 6.24. The normalized spacial score (nSPS) is 11.5. The van der Waals surface area contributed by atoms with E-state index >= 15 is 0 Å². The van der Waals surface area contributed by atoms with Gasteiger partial charge in [0.1, 0.15) is 18.3 Å². The number of ether oxygens (including phenoxy) is 1. The fraction of sp³-hybridized carbons (Fsp3) is 0.290. The highest BCUT2D eigenvalue weighted by Gasteiger charge is 2.23. The molecule has 3 N–H and O–H groups in total. The molecule has 0 saturated heterocycles. The molecule has 0 fully saturated rings. The molecule has 11 nitrogen and oxygen atoms in total. The molecule has 220 valence electrons. The van der Waals surface area contributed by atoms with E-state index in [-0.39, 0.29) is 43.2 Å². The van der Waals surface area contributed by atoms with Crippen LogP contribution in [0.25, 0.3) is 0 Å². The second-order valence-corrected chi connectivity index (χ2v) is 9.35. The van der Waals surface area contributed by atoms with Gasteiger partial charge in [-0.15, -0.1) is 0 Å². The molecule has 0 spiro atoms. The summed E-state index contributed by atoms with van der Waals surface area (Å²) in [6.45, 7) is 3.81. The van der Waals surface area contributed by atoms with Crippen LogP contribution >= 0.6 is 0 Å². The van der Waals surface area contributed by atoms with Crippen molar-refractivity contribution in [2.24, 2.45) is 0 Å². The lowest BCUT2D eigenvalue weighted by Crippen LogP contribution is -2.45. The Bertz CT molecular complexity index is 1450. The fourth-order valence-corrected chi connectivity index (χ4v) is 4.01. The first-order chi connectivity index (χ1) is 20.3. The third-order valence-electron chi connectivity index (χ3n) is 6.24. The zero-order valence-corrected chi connectivity index (χ0v) is 23.7. The van der Waals surface area contributed by atoms with Gasteiger partial charge in [0.2, 0.25) is 11.8 Å². The van der Waals surface area contributed by atoms with Gasteiger partial charge in [-0.25, -0.2) is 4.79 Å². The van der Waals surface area contributed by atoms with Gasteiger partial charge in [-0.2, -0.15) is 0 Å². The highest BCUT2D eigenvalue weighted by molar-refractivity contribution is 6.01. The van der Waals surface area contributed by atoms with Gasteiger partial charge < -0.3 is 25.3 Å². The minimum Gasteiger partial charge on any atom is -0.463 e. The molecular weight excluding hydrogens is 538 g/mol. The van der Waals surface area contributed by atoms with Gasteiger partial charge in [0.05, 0.1) is 12.2 Å². The fourth-order valence-electron chi connectivity index (χ4n) is 4.01. The van der Waals surface area contributed by atoms with Crippen molar-refractivity contribution in [3.05, 3.63) is 106 Å². The molecule has 3 amide bonds. The van der Waals surface area contributed by atoms with E-state index in [1.165, 1.54) is 29.1 Å². The Labute approximate surface area is 244 Å². The predicted molar refractivity (Wildman–Crippen MR) is 158 cm³/mol. The highest BCUT2D eigenvalue weighted by atomic mass is 16.5. The smallest absolute Gasteiger partial charge is 0.330 e. The molecule has 1 unspecified atom stereocenters. The van der Waals surface area contributed by atoms with E-state index in [1.54, 1.807) is 38.1 Å². The molecule has 3 rings (SSSR count). The standard InChI is InChI=1S/C31H35N5O6/c1-3-42-28(38)14-8-7-13-25(34-29(39)24-12-9-18-32-20-24)30(40)35-26-16-15-22(2)36(31(26)41)21-27(37)33-19-17-23-10-5-4-6-11-23/h4-6,8-12,14-16,18,20,25H,3,7,13,17,19,21H2,1-2H3,(H,33,37)(H,34,39)(H,35,40). The molecule has 1 aromatic carbocycles. The summed E-state index contributed by atoms with van der Waals surface area (Å²) < 4.78 is 6.13. The monoisotopic (exact) mass is 573 g/mol. The zero-order chi connectivity index (χ0) is 30.3. The van der Waals surface area contributed by atoms with E-state index in [0.717, 1.165) is 5.56 Å². The van der Waals surface area contributed by atoms with Crippen molar-refractivity contribution in [3.63, 3.8) is 0 Å². The Hall–Kier alpha value is -5.06. The summed E-state index contributed by atoms with van der Waals surface area (Å²) in [7, 11) is 0. The van der Waals surface area contributed by atoms with Crippen molar-refractivity contribution in [2.75, 3.05) is 18.5 Å². The van der Waals surface area contributed by atoms with Gasteiger partial charge in [-0.1, -0.05) is 36.4 Å². The van der Waals surface area contributed by atoms with E-state index < -0.39 is 29.4 Å². The lowest BCUT2D eigenvalue weighted by Gasteiger charge is -2.19. The van der Waals surface area contributed by atoms with Crippen LogP contribution < -0.4 is 21.5 Å². The van der Waals surface area contributed by atoms with Crippen LogP contribution in [0.3, 0.4) is 0 Å². The molecule has 42 heavy (non-hydrogen) atoms. The number of anilines is 1. The number of nitrogens with zero attached hydrogens (tertiary/aromatic N) is 2. The molecule has 0 aliphatic carbocycles. The van der Waals surface area contributed by atoms with Gasteiger partial charge in [0.15, 0.2) is 0 Å². The number of hydrogen-bond donors (Lipinski definition) is 3. The Balaban J connectivity index is 1.69. The van der Waals surface area contributed by atoms with Crippen LogP contribution in [0, 0.1) is 6.92 Å². The van der Waals surface area contributed by atoms with Crippen LogP contribution in [0.4, 0.5) is 5.69 Å². The second-order valence-electron chi connectivity index (χ2n) is 9.35. The molecule has 0 saturated carbocycles. The van der Waals surface area contributed by atoms with Crippen molar-refractivity contribution in [3.8, 4) is 0 Å². The van der Waals surface area contributed by atoms with Crippen molar-refractivity contribution in [1.82, 2.24) is 20.2 Å². The highest BCUT2D eigenvalue weighted by Crippen LogP contribution is 2.09. The molecule has 0 aliphatic heterocycles. The zero-order valence-electron chi connectivity index (χ0n) is 23.7. The molecule has 11 heteroatoms. The van der Waals surface area contributed by atoms with E-state index in [2.05, 4.69) is 20.9 Å². The van der Waals surface area contributed by atoms with Crippen molar-refractivity contribution < 1.29 is 23.9 Å². The predicted octanol–water partition coefficient (Wildman–Crippen LogP) is 2.55. The summed E-state index contributed by atoms with van der Waals surface area (Å²) in [4.78, 5) is 67.4. The Kier molecular flexibility index (Phi) is 12.2. The van der Waals surface area contributed by atoms with Crippen molar-refractivity contribution in [1.29, 1.82) is 0 Å². The van der Waals surface area contributed by atoms with Crippen LogP contribution in [0.1, 0.15) is 41.4 Å². The number of carbonyl (C=O) groups is 4. The lowest BCUT2D eigenvalue weighted by molar-refractivity contribution is -0.137. The lowest BCUT2D eigenvalue weighted by atomic mass is 10.1. The summed E-state index contributed by atoms with van der Waals surface area (Å²) in [6, 6.07) is 14.9. The van der Waals surface area contributed by atoms with E-state index in [0.29, 0.717) is 18.7 Å². The SMILES string of the molecule is CCOC(=O)C=CCCC(NC(=O)c1cccnc1)C(=O)Nc1ccc(C)n(CC(=O)NCCc2ccccc2)c1=O. The van der Waals surface area contributed by atoms with Gasteiger partial charge in [0.25, 0.3) is 11.5 Å². The molecular formula is C31H35N5O6. The minimum atomic E-state index is -1.04. The first kappa shape index (κ1) is 31.5. The van der Waals surface area contributed by atoms with Gasteiger partial charge in [-0.3, -0.25) is 24.2 Å². The maximum Gasteiger partial charge on any atom is 0.330 e. The van der Waals surface area contributed by atoms with Crippen LogP contribution in [-0.2, 0) is 32.1 Å². The Morgan fingerprint density at radius 1 is 1.05 bits per heavy atom. The van der Waals surface area contributed by atoms with Gasteiger partial charge in [0, 0.05) is 30.7 Å². The topological polar surface area (TPSA) is 148 Å².